The highest BCUT2D eigenvalue weighted by Crippen LogP contribution is 2.16. The maximum absolute atomic E-state index is 12.1. The largest absolute Gasteiger partial charge is 0.325 e. The van der Waals surface area contributed by atoms with Crippen molar-refractivity contribution in [1.29, 1.82) is 0 Å². The first-order chi connectivity index (χ1) is 9.69. The van der Waals surface area contributed by atoms with Gasteiger partial charge in [0, 0.05) is 18.3 Å². The van der Waals surface area contributed by atoms with Gasteiger partial charge in [-0.1, -0.05) is 24.1 Å². The molecule has 20 heavy (non-hydrogen) atoms. The van der Waals surface area contributed by atoms with Gasteiger partial charge in [0.2, 0.25) is 5.91 Å². The van der Waals surface area contributed by atoms with Crippen molar-refractivity contribution in [2.75, 3.05) is 32.0 Å². The number of piperidine rings is 1. The third-order valence-electron chi connectivity index (χ3n) is 3.87. The highest BCUT2D eigenvalue weighted by molar-refractivity contribution is 5.92. The maximum Gasteiger partial charge on any atom is 0.238 e. The van der Waals surface area contributed by atoms with Gasteiger partial charge in [-0.2, -0.15) is 0 Å². The number of likely N-dealkylation sites (tertiary alicyclic amines) is 1. The van der Waals surface area contributed by atoms with Crippen molar-refractivity contribution in [3.05, 3.63) is 29.8 Å². The molecule has 1 aromatic carbocycles. The molecular weight excluding hydrogens is 250 g/mol. The Morgan fingerprint density at radius 2 is 2.05 bits per heavy atom. The molecule has 1 amide bonds. The van der Waals surface area contributed by atoms with Crippen LogP contribution in [0.4, 0.5) is 5.69 Å². The molecule has 1 saturated heterocycles. The number of carbonyl (C=O) groups is 1. The van der Waals surface area contributed by atoms with E-state index in [1.54, 1.807) is 0 Å². The first-order valence-electron chi connectivity index (χ1n) is 7.44. The van der Waals surface area contributed by atoms with E-state index in [4.69, 9.17) is 0 Å². The SMILES string of the molecule is CNCC1CCCCN1CC(=O)Nc1ccc(C)cc1. The van der Waals surface area contributed by atoms with Crippen molar-refractivity contribution in [1.82, 2.24) is 10.2 Å². The van der Waals surface area contributed by atoms with Crippen molar-refractivity contribution < 1.29 is 4.79 Å². The normalized spacial score (nSPS) is 19.8. The molecule has 0 bridgehead atoms. The van der Waals surface area contributed by atoms with Crippen LogP contribution in [0.2, 0.25) is 0 Å². The van der Waals surface area contributed by atoms with Gasteiger partial charge in [0.05, 0.1) is 6.54 Å². The molecule has 1 fully saturated rings. The minimum absolute atomic E-state index is 0.0804. The number of nitrogens with one attached hydrogen (secondary N) is 2. The lowest BCUT2D eigenvalue weighted by Crippen LogP contribution is -2.47. The molecule has 0 saturated carbocycles. The second kappa shape index (κ2) is 7.41. The number of likely N-dealkylation sites (N-methyl/N-ethyl adjacent to an activating group) is 1. The smallest absolute Gasteiger partial charge is 0.238 e. The molecule has 1 heterocycles. The van der Waals surface area contributed by atoms with E-state index in [9.17, 15) is 4.79 Å². The summed E-state index contributed by atoms with van der Waals surface area (Å²) in [5.41, 5.74) is 2.08. The Hall–Kier alpha value is -1.39. The number of anilines is 1. The minimum atomic E-state index is 0.0804. The summed E-state index contributed by atoms with van der Waals surface area (Å²) in [5, 5.41) is 6.20. The zero-order valence-electron chi connectivity index (χ0n) is 12.5. The molecule has 1 aliphatic rings. The summed E-state index contributed by atoms with van der Waals surface area (Å²) in [4.78, 5) is 14.4. The molecule has 2 N–H and O–H groups in total. The van der Waals surface area contributed by atoms with E-state index >= 15 is 0 Å². The molecule has 2 rings (SSSR count). The number of aryl methyl sites for hydroxylation is 1. The Bertz CT molecular complexity index is 428. The molecule has 0 spiro atoms. The third kappa shape index (κ3) is 4.32. The average Bonchev–Trinajstić information content (AvgIpc) is 2.44. The highest BCUT2D eigenvalue weighted by Gasteiger charge is 2.23. The number of benzene rings is 1. The average molecular weight is 275 g/mol. The Morgan fingerprint density at radius 3 is 2.75 bits per heavy atom. The van der Waals surface area contributed by atoms with Crippen molar-refractivity contribution in [3.63, 3.8) is 0 Å². The van der Waals surface area contributed by atoms with Crippen LogP contribution in [-0.2, 0) is 4.79 Å². The van der Waals surface area contributed by atoms with Crippen LogP contribution in [0, 0.1) is 6.92 Å². The fourth-order valence-electron chi connectivity index (χ4n) is 2.76. The Balaban J connectivity index is 1.87. The van der Waals surface area contributed by atoms with Gasteiger partial charge in [0.25, 0.3) is 0 Å². The van der Waals surface area contributed by atoms with E-state index in [1.165, 1.54) is 24.8 Å². The predicted octanol–water partition coefficient (Wildman–Crippen LogP) is 2.01. The van der Waals surface area contributed by atoms with E-state index in [2.05, 4.69) is 15.5 Å². The number of carbonyl (C=O) groups excluding carboxylic acids is 1. The van der Waals surface area contributed by atoms with E-state index in [-0.39, 0.29) is 5.91 Å². The van der Waals surface area contributed by atoms with E-state index in [0.29, 0.717) is 12.6 Å². The van der Waals surface area contributed by atoms with E-state index < -0.39 is 0 Å². The minimum Gasteiger partial charge on any atom is -0.325 e. The second-order valence-corrected chi connectivity index (χ2v) is 5.59. The molecule has 0 radical (unpaired) electrons. The van der Waals surface area contributed by atoms with Gasteiger partial charge < -0.3 is 10.6 Å². The van der Waals surface area contributed by atoms with Gasteiger partial charge in [-0.25, -0.2) is 0 Å². The predicted molar refractivity (Wildman–Crippen MR) is 82.9 cm³/mol. The first kappa shape index (κ1) is 15.0. The first-order valence-corrected chi connectivity index (χ1v) is 7.44. The number of hydrogen-bond acceptors (Lipinski definition) is 3. The lowest BCUT2D eigenvalue weighted by Gasteiger charge is -2.35. The summed E-state index contributed by atoms with van der Waals surface area (Å²) in [7, 11) is 1.97. The summed E-state index contributed by atoms with van der Waals surface area (Å²) in [6, 6.07) is 8.42. The Kier molecular flexibility index (Phi) is 5.56. The quantitative estimate of drug-likeness (QED) is 0.864. The zero-order valence-corrected chi connectivity index (χ0v) is 12.5. The third-order valence-corrected chi connectivity index (χ3v) is 3.87. The fraction of sp³-hybridized carbons (Fsp3) is 0.562. The summed E-state index contributed by atoms with van der Waals surface area (Å²) >= 11 is 0. The Labute approximate surface area is 121 Å². The van der Waals surface area contributed by atoms with Crippen molar-refractivity contribution >= 4 is 11.6 Å². The molecular formula is C16H25N3O. The molecule has 4 nitrogen and oxygen atoms in total. The number of amides is 1. The summed E-state index contributed by atoms with van der Waals surface area (Å²) in [6.07, 6.45) is 3.64. The number of nitrogens with zero attached hydrogens (tertiary/aromatic N) is 1. The van der Waals surface area contributed by atoms with Gasteiger partial charge in [-0.05, 0) is 45.5 Å². The summed E-state index contributed by atoms with van der Waals surface area (Å²) in [5.74, 6) is 0.0804. The highest BCUT2D eigenvalue weighted by atomic mass is 16.2. The van der Waals surface area contributed by atoms with Crippen LogP contribution in [0.1, 0.15) is 24.8 Å². The monoisotopic (exact) mass is 275 g/mol. The molecule has 110 valence electrons. The second-order valence-electron chi connectivity index (χ2n) is 5.59. The lowest BCUT2D eigenvalue weighted by atomic mass is 10.0. The van der Waals surface area contributed by atoms with Crippen molar-refractivity contribution in [2.45, 2.75) is 32.2 Å². The number of rotatable bonds is 5. The zero-order chi connectivity index (χ0) is 14.4. The van der Waals surface area contributed by atoms with Crippen LogP contribution in [0.25, 0.3) is 0 Å². The lowest BCUT2D eigenvalue weighted by molar-refractivity contribution is -0.118. The van der Waals surface area contributed by atoms with Crippen LogP contribution in [0.5, 0.6) is 0 Å². The van der Waals surface area contributed by atoms with Crippen LogP contribution in [0.15, 0.2) is 24.3 Å². The standard InChI is InChI=1S/C16H25N3O/c1-13-6-8-14(9-7-13)18-16(20)12-19-10-4-3-5-15(19)11-17-2/h6-9,15,17H,3-5,10-12H2,1-2H3,(H,18,20). The van der Waals surface area contributed by atoms with Crippen molar-refractivity contribution in [2.24, 2.45) is 0 Å². The van der Waals surface area contributed by atoms with Crippen LogP contribution < -0.4 is 10.6 Å². The molecule has 1 aromatic rings. The van der Waals surface area contributed by atoms with Gasteiger partial charge in [-0.3, -0.25) is 9.69 Å². The summed E-state index contributed by atoms with van der Waals surface area (Å²) < 4.78 is 0. The molecule has 0 aliphatic carbocycles. The molecule has 0 aromatic heterocycles. The maximum atomic E-state index is 12.1. The number of hydrogen-bond donors (Lipinski definition) is 2. The molecule has 1 aliphatic heterocycles. The molecule has 4 heteroatoms. The Morgan fingerprint density at radius 1 is 1.30 bits per heavy atom. The van der Waals surface area contributed by atoms with Crippen molar-refractivity contribution in [3.8, 4) is 0 Å². The van der Waals surface area contributed by atoms with Gasteiger partial charge in [0.15, 0.2) is 0 Å². The van der Waals surface area contributed by atoms with E-state index in [0.717, 1.165) is 18.8 Å². The van der Waals surface area contributed by atoms with E-state index in [1.807, 2.05) is 38.2 Å². The topological polar surface area (TPSA) is 44.4 Å². The van der Waals surface area contributed by atoms with Crippen LogP contribution >= 0.6 is 0 Å². The van der Waals surface area contributed by atoms with Gasteiger partial charge in [-0.15, -0.1) is 0 Å². The fourth-order valence-corrected chi connectivity index (χ4v) is 2.76. The molecule has 1 atom stereocenters. The molecule has 1 unspecified atom stereocenters. The van der Waals surface area contributed by atoms with Gasteiger partial charge in [0.1, 0.15) is 0 Å². The van der Waals surface area contributed by atoms with Gasteiger partial charge >= 0.3 is 0 Å². The van der Waals surface area contributed by atoms with Crippen LogP contribution in [-0.4, -0.2) is 43.5 Å². The summed E-state index contributed by atoms with van der Waals surface area (Å²) in [6.45, 7) is 4.51. The van der Waals surface area contributed by atoms with Crippen LogP contribution in [0.3, 0.4) is 0 Å².